The van der Waals surface area contributed by atoms with Crippen molar-refractivity contribution in [3.05, 3.63) is 82.7 Å². The second-order valence-corrected chi connectivity index (χ2v) is 11.3. The number of azo groups is 1. The van der Waals surface area contributed by atoms with E-state index in [9.17, 15) is 24.0 Å². The van der Waals surface area contributed by atoms with Gasteiger partial charge >= 0.3 is 11.9 Å². The lowest BCUT2D eigenvalue weighted by Gasteiger charge is -2.12. The summed E-state index contributed by atoms with van der Waals surface area (Å²) in [5.74, 6) is -1.23. The summed E-state index contributed by atoms with van der Waals surface area (Å²) in [6.45, 7) is 0.0525. The van der Waals surface area contributed by atoms with Crippen molar-refractivity contribution in [2.45, 2.75) is 38.7 Å². The first-order valence-corrected chi connectivity index (χ1v) is 15.0. The van der Waals surface area contributed by atoms with Crippen LogP contribution < -0.4 is 9.47 Å². The molecule has 1 saturated heterocycles. The van der Waals surface area contributed by atoms with Gasteiger partial charge in [0.15, 0.2) is 17.3 Å². The van der Waals surface area contributed by atoms with E-state index in [1.54, 1.807) is 68.8 Å². The summed E-state index contributed by atoms with van der Waals surface area (Å²) >= 11 is 1.34. The third-order valence-corrected chi connectivity index (χ3v) is 8.09. The van der Waals surface area contributed by atoms with Crippen LogP contribution in [0.4, 0.5) is 11.4 Å². The van der Waals surface area contributed by atoms with Crippen LogP contribution >= 0.6 is 11.3 Å². The molecule has 0 saturated carbocycles. The molecule has 0 spiro atoms. The summed E-state index contributed by atoms with van der Waals surface area (Å²) in [4.78, 5) is 65.7. The number of hydrogen-bond donors (Lipinski definition) is 0. The molecule has 236 valence electrons. The Bertz CT molecular complexity index is 1760. The van der Waals surface area contributed by atoms with Crippen molar-refractivity contribution in [3.63, 3.8) is 0 Å². The van der Waals surface area contributed by atoms with Crippen LogP contribution in [0.5, 0.6) is 11.5 Å². The van der Waals surface area contributed by atoms with Crippen LogP contribution in [0, 0.1) is 0 Å². The van der Waals surface area contributed by atoms with Crippen molar-refractivity contribution in [1.29, 1.82) is 0 Å². The number of nitrogens with zero attached hydrogens (tertiary/aromatic N) is 3. The number of ether oxygens (including phenoxy) is 3. The number of esters is 1. The van der Waals surface area contributed by atoms with Gasteiger partial charge in [-0.3, -0.25) is 19.2 Å². The third-order valence-electron chi connectivity index (χ3n) is 6.95. The molecule has 1 aliphatic rings. The van der Waals surface area contributed by atoms with Gasteiger partial charge in [-0.05, 0) is 52.9 Å². The van der Waals surface area contributed by atoms with E-state index < -0.39 is 23.8 Å². The van der Waals surface area contributed by atoms with E-state index in [1.807, 2.05) is 12.1 Å². The fourth-order valence-electron chi connectivity index (χ4n) is 4.49. The first-order valence-electron chi connectivity index (χ1n) is 14.2. The number of rotatable bonds is 13. The Kier molecular flexibility index (Phi) is 10.1. The van der Waals surface area contributed by atoms with Crippen LogP contribution in [0.2, 0.25) is 0 Å². The fourth-order valence-corrected chi connectivity index (χ4v) is 5.53. The summed E-state index contributed by atoms with van der Waals surface area (Å²) in [7, 11) is 3.10. The second kappa shape index (κ2) is 14.6. The second-order valence-electron chi connectivity index (χ2n) is 10.2. The number of hydroxylamine groups is 2. The average molecular weight is 644 g/mol. The van der Waals surface area contributed by atoms with E-state index in [0.717, 1.165) is 15.6 Å². The average Bonchev–Trinajstić information content (AvgIpc) is 3.63. The summed E-state index contributed by atoms with van der Waals surface area (Å²) in [6.07, 6.45) is -0.0490. The minimum atomic E-state index is -0.715. The zero-order chi connectivity index (χ0) is 32.6. The van der Waals surface area contributed by atoms with Crippen LogP contribution in [0.3, 0.4) is 0 Å². The Morgan fingerprint density at radius 3 is 1.96 bits per heavy atom. The summed E-state index contributed by atoms with van der Waals surface area (Å²) in [6, 6.07) is 19.1. The van der Waals surface area contributed by atoms with Gasteiger partial charge in [-0.15, -0.1) is 16.4 Å². The smallest absolute Gasteiger partial charge is 0.337 e. The molecule has 12 nitrogen and oxygen atoms in total. The molecule has 4 aromatic rings. The predicted molar refractivity (Wildman–Crippen MR) is 166 cm³/mol. The first-order chi connectivity index (χ1) is 22.2. The Hall–Kier alpha value is -5.43. The van der Waals surface area contributed by atoms with Gasteiger partial charge in [0, 0.05) is 30.0 Å². The van der Waals surface area contributed by atoms with E-state index in [0.29, 0.717) is 38.4 Å². The van der Waals surface area contributed by atoms with Gasteiger partial charge in [0.05, 0.1) is 43.3 Å². The molecule has 0 radical (unpaired) electrons. The minimum Gasteiger partial charge on any atom is -0.493 e. The van der Waals surface area contributed by atoms with Gasteiger partial charge < -0.3 is 19.0 Å². The molecule has 0 aliphatic carbocycles. The topological polar surface area (TPSA) is 150 Å². The van der Waals surface area contributed by atoms with Crippen molar-refractivity contribution in [1.82, 2.24) is 5.06 Å². The molecule has 5 rings (SSSR count). The van der Waals surface area contributed by atoms with Gasteiger partial charge in [-0.25, -0.2) is 4.79 Å². The van der Waals surface area contributed by atoms with Gasteiger partial charge in [0.25, 0.3) is 11.8 Å². The van der Waals surface area contributed by atoms with Crippen LogP contribution in [0.1, 0.15) is 46.5 Å². The summed E-state index contributed by atoms with van der Waals surface area (Å²) in [5.41, 5.74) is 2.49. The Balaban J connectivity index is 1.05. The molecule has 0 unspecified atom stereocenters. The van der Waals surface area contributed by atoms with Crippen LogP contribution in [-0.2, 0) is 41.8 Å². The number of ketones is 1. The monoisotopic (exact) mass is 643 g/mol. The summed E-state index contributed by atoms with van der Waals surface area (Å²) in [5, 5.41) is 9.76. The molecule has 3 aromatic carbocycles. The van der Waals surface area contributed by atoms with Crippen molar-refractivity contribution in [2.24, 2.45) is 10.2 Å². The molecule has 2 heterocycles. The van der Waals surface area contributed by atoms with Gasteiger partial charge in [-0.2, -0.15) is 10.2 Å². The molecule has 0 atom stereocenters. The summed E-state index contributed by atoms with van der Waals surface area (Å²) < 4.78 is 16.9. The van der Waals surface area contributed by atoms with Gasteiger partial charge in [0.1, 0.15) is 6.61 Å². The van der Waals surface area contributed by atoms with Gasteiger partial charge in [-0.1, -0.05) is 24.3 Å². The van der Waals surface area contributed by atoms with Crippen molar-refractivity contribution >= 4 is 62.3 Å². The fraction of sp³-hybridized carbons (Fsp3) is 0.242. The highest BCUT2D eigenvalue weighted by Crippen LogP contribution is 2.36. The zero-order valence-corrected chi connectivity index (χ0v) is 25.8. The number of imide groups is 1. The number of fused-ring (bicyclic) bond motifs is 1. The molecular formula is C33H29N3O9S. The number of carbonyl (C=O) groups excluding carboxylic acids is 5. The Labute approximate surface area is 267 Å². The molecule has 13 heteroatoms. The lowest BCUT2D eigenvalue weighted by atomic mass is 10.1. The highest BCUT2D eigenvalue weighted by Gasteiger charge is 2.32. The number of methoxy groups -OCH3 is 2. The molecule has 0 bridgehead atoms. The maximum absolute atomic E-state index is 12.7. The largest absolute Gasteiger partial charge is 0.493 e. The van der Waals surface area contributed by atoms with E-state index >= 15 is 0 Å². The lowest BCUT2D eigenvalue weighted by molar-refractivity contribution is -0.197. The maximum atomic E-state index is 12.7. The van der Waals surface area contributed by atoms with Crippen LogP contribution in [0.15, 0.2) is 77.0 Å². The molecule has 1 aromatic heterocycles. The van der Waals surface area contributed by atoms with Crippen molar-refractivity contribution in [3.8, 4) is 11.5 Å². The molecule has 2 amide bonds. The molecule has 46 heavy (non-hydrogen) atoms. The maximum Gasteiger partial charge on any atom is 0.337 e. The van der Waals surface area contributed by atoms with E-state index in [4.69, 9.17) is 19.0 Å². The lowest BCUT2D eigenvalue weighted by Crippen LogP contribution is -2.32. The quantitative estimate of drug-likeness (QED) is 0.0719. The Morgan fingerprint density at radius 1 is 0.761 bits per heavy atom. The normalized spacial score (nSPS) is 13.0. The minimum absolute atomic E-state index is 0.0327. The zero-order valence-electron chi connectivity index (χ0n) is 25.0. The molecule has 1 fully saturated rings. The van der Waals surface area contributed by atoms with Gasteiger partial charge in [0.2, 0.25) is 0 Å². The number of benzene rings is 3. The predicted octanol–water partition coefficient (Wildman–Crippen LogP) is 6.19. The number of amides is 2. The number of carbonyl (C=O) groups is 5. The highest BCUT2D eigenvalue weighted by molar-refractivity contribution is 7.20. The number of thiophene rings is 1. The van der Waals surface area contributed by atoms with E-state index in [2.05, 4.69) is 10.2 Å². The molecule has 1 aliphatic heterocycles. The van der Waals surface area contributed by atoms with E-state index in [-0.39, 0.29) is 44.5 Å². The Morgan fingerprint density at radius 2 is 1.35 bits per heavy atom. The SMILES string of the molecule is COc1cc2cc(C(=O)CCC(=O)OCc3ccc(N=Nc4ccc(CC(=O)ON5C(=O)CCC5=O)cc4)cc3)sc2cc1OC. The molecule has 0 N–H and O–H groups in total. The third kappa shape index (κ3) is 7.99. The number of Topliss-reactive ketones (excluding diaryl/α,β-unsaturated/α-hetero) is 1. The first kappa shape index (κ1) is 32.0. The standard InChI is InChI=1S/C33H29N3O9S/c1-42-26-16-22-17-29(46-28(22)18-27(26)43-2)25(37)11-14-32(40)44-19-21-5-9-24(10-6-21)35-34-23-7-3-20(4-8-23)15-33(41)45-36-30(38)12-13-31(36)39/h3-10,16-18H,11-15,19H2,1-2H3. The van der Waals surface area contributed by atoms with Crippen molar-refractivity contribution < 1.29 is 43.0 Å². The van der Waals surface area contributed by atoms with Crippen LogP contribution in [-0.4, -0.2) is 48.8 Å². The number of hydrogen-bond acceptors (Lipinski definition) is 12. The van der Waals surface area contributed by atoms with Crippen molar-refractivity contribution in [2.75, 3.05) is 14.2 Å². The van der Waals surface area contributed by atoms with E-state index in [1.165, 1.54) is 11.3 Å². The van der Waals surface area contributed by atoms with Crippen LogP contribution in [0.25, 0.3) is 10.1 Å². The highest BCUT2D eigenvalue weighted by atomic mass is 32.1. The molecular weight excluding hydrogens is 614 g/mol.